The number of urea groups is 1. The first-order valence-corrected chi connectivity index (χ1v) is 7.85. The number of rotatable bonds is 2. The number of benzene rings is 1. The normalized spacial score (nSPS) is 21.4. The van der Waals surface area contributed by atoms with Crippen LogP contribution in [0.15, 0.2) is 18.2 Å². The van der Waals surface area contributed by atoms with E-state index in [2.05, 4.69) is 0 Å². The fraction of sp³-hybridized carbons (Fsp3) is 0.467. The number of carbonyl (C=O) groups excluding carboxylic acids is 1. The molecule has 1 aliphatic rings. The summed E-state index contributed by atoms with van der Waals surface area (Å²) >= 11 is 1.49. The fourth-order valence-electron chi connectivity index (χ4n) is 2.58. The van der Waals surface area contributed by atoms with Crippen LogP contribution in [-0.4, -0.2) is 46.2 Å². The van der Waals surface area contributed by atoms with Crippen LogP contribution in [0.2, 0.25) is 0 Å². The SMILES string of the molecule is Cc1ccc(N(C)C(=O)N2C(C)SCC2C(=O)O)c(C)c1. The summed E-state index contributed by atoms with van der Waals surface area (Å²) in [5.74, 6) is -0.516. The Morgan fingerprint density at radius 1 is 1.38 bits per heavy atom. The molecule has 1 fully saturated rings. The molecular formula is C15H20N2O3S. The van der Waals surface area contributed by atoms with Gasteiger partial charge in [0.25, 0.3) is 0 Å². The fourth-order valence-corrected chi connectivity index (χ4v) is 3.74. The van der Waals surface area contributed by atoms with E-state index in [1.165, 1.54) is 21.6 Å². The van der Waals surface area contributed by atoms with Crippen molar-refractivity contribution in [1.29, 1.82) is 0 Å². The maximum Gasteiger partial charge on any atom is 0.327 e. The van der Waals surface area contributed by atoms with Crippen LogP contribution in [0.5, 0.6) is 0 Å². The van der Waals surface area contributed by atoms with E-state index in [0.29, 0.717) is 5.75 Å². The van der Waals surface area contributed by atoms with E-state index in [9.17, 15) is 14.7 Å². The number of carboxylic acids is 1. The van der Waals surface area contributed by atoms with Crippen LogP contribution in [-0.2, 0) is 4.79 Å². The molecular weight excluding hydrogens is 288 g/mol. The predicted molar refractivity (Wildman–Crippen MR) is 84.9 cm³/mol. The van der Waals surface area contributed by atoms with Crippen LogP contribution < -0.4 is 4.90 Å². The number of nitrogens with zero attached hydrogens (tertiary/aromatic N) is 2. The van der Waals surface area contributed by atoms with Gasteiger partial charge < -0.3 is 5.11 Å². The Labute approximate surface area is 128 Å². The zero-order chi connectivity index (χ0) is 15.7. The third kappa shape index (κ3) is 3.00. The van der Waals surface area contributed by atoms with Crippen molar-refractivity contribution >= 4 is 29.4 Å². The molecule has 5 nitrogen and oxygen atoms in total. The summed E-state index contributed by atoms with van der Waals surface area (Å²) in [4.78, 5) is 27.0. The number of hydrogen-bond acceptors (Lipinski definition) is 3. The standard InChI is InChI=1S/C15H20N2O3S/c1-9-5-6-12(10(2)7-9)16(4)15(20)17-11(3)21-8-13(17)14(18)19/h5-7,11,13H,8H2,1-4H3,(H,18,19). The summed E-state index contributed by atoms with van der Waals surface area (Å²) in [5, 5.41) is 9.14. The molecule has 0 spiro atoms. The van der Waals surface area contributed by atoms with Gasteiger partial charge in [-0.3, -0.25) is 9.80 Å². The van der Waals surface area contributed by atoms with Crippen molar-refractivity contribution in [3.63, 3.8) is 0 Å². The minimum Gasteiger partial charge on any atom is -0.480 e. The van der Waals surface area contributed by atoms with Crippen molar-refractivity contribution in [3.05, 3.63) is 29.3 Å². The third-order valence-corrected chi connectivity index (χ3v) is 4.95. The first-order chi connectivity index (χ1) is 9.82. The maximum absolute atomic E-state index is 12.7. The topological polar surface area (TPSA) is 60.9 Å². The van der Waals surface area contributed by atoms with Crippen LogP contribution in [0.3, 0.4) is 0 Å². The van der Waals surface area contributed by atoms with E-state index in [4.69, 9.17) is 0 Å². The lowest BCUT2D eigenvalue weighted by molar-refractivity contribution is -0.141. The van der Waals surface area contributed by atoms with Crippen LogP contribution in [0.25, 0.3) is 0 Å². The highest BCUT2D eigenvalue weighted by Gasteiger charge is 2.41. The second kappa shape index (κ2) is 5.97. The lowest BCUT2D eigenvalue weighted by atomic mass is 10.1. The second-order valence-corrected chi connectivity index (χ2v) is 6.67. The number of hydrogen-bond donors (Lipinski definition) is 1. The molecule has 0 bridgehead atoms. The number of thioether (sulfide) groups is 1. The molecule has 2 atom stereocenters. The highest BCUT2D eigenvalue weighted by atomic mass is 32.2. The molecule has 2 unspecified atom stereocenters. The monoisotopic (exact) mass is 308 g/mol. The lowest BCUT2D eigenvalue weighted by Crippen LogP contribution is -2.50. The summed E-state index contributed by atoms with van der Waals surface area (Å²) in [6.07, 6.45) is 0. The molecule has 1 N–H and O–H groups in total. The van der Waals surface area contributed by atoms with Gasteiger partial charge in [-0.05, 0) is 32.4 Å². The number of aliphatic carboxylic acids is 1. The van der Waals surface area contributed by atoms with Gasteiger partial charge in [0.2, 0.25) is 0 Å². The Hall–Kier alpha value is -1.69. The molecule has 0 aromatic heterocycles. The van der Waals surface area contributed by atoms with Gasteiger partial charge in [-0.25, -0.2) is 9.59 Å². The number of anilines is 1. The molecule has 1 heterocycles. The zero-order valence-electron chi connectivity index (χ0n) is 12.7. The summed E-state index contributed by atoms with van der Waals surface area (Å²) in [5.41, 5.74) is 2.93. The van der Waals surface area contributed by atoms with Gasteiger partial charge in [0.15, 0.2) is 0 Å². The highest BCUT2D eigenvalue weighted by molar-refractivity contribution is 8.00. The van der Waals surface area contributed by atoms with Gasteiger partial charge in [0.1, 0.15) is 6.04 Å². The van der Waals surface area contributed by atoms with E-state index in [1.807, 2.05) is 39.0 Å². The molecule has 1 aromatic rings. The quantitative estimate of drug-likeness (QED) is 0.912. The first-order valence-electron chi connectivity index (χ1n) is 6.80. The lowest BCUT2D eigenvalue weighted by Gasteiger charge is -2.30. The van der Waals surface area contributed by atoms with Crippen molar-refractivity contribution in [2.45, 2.75) is 32.2 Å². The van der Waals surface area contributed by atoms with E-state index in [0.717, 1.165) is 16.8 Å². The Kier molecular flexibility index (Phi) is 4.46. The molecule has 0 aliphatic carbocycles. The van der Waals surface area contributed by atoms with Gasteiger partial charge in [-0.15, -0.1) is 11.8 Å². The van der Waals surface area contributed by atoms with E-state index >= 15 is 0 Å². The van der Waals surface area contributed by atoms with Crippen molar-refractivity contribution in [3.8, 4) is 0 Å². The number of amides is 2. The summed E-state index contributed by atoms with van der Waals surface area (Å²) in [6, 6.07) is 4.82. The average Bonchev–Trinajstić information content (AvgIpc) is 2.79. The molecule has 0 saturated carbocycles. The molecule has 21 heavy (non-hydrogen) atoms. The molecule has 2 rings (SSSR count). The van der Waals surface area contributed by atoms with Crippen LogP contribution in [0, 0.1) is 13.8 Å². The number of aryl methyl sites for hydroxylation is 2. The molecule has 6 heteroatoms. The Bertz CT molecular complexity index is 576. The van der Waals surface area contributed by atoms with E-state index < -0.39 is 12.0 Å². The third-order valence-electron chi connectivity index (χ3n) is 3.73. The molecule has 0 radical (unpaired) electrons. The van der Waals surface area contributed by atoms with Crippen LogP contribution >= 0.6 is 11.8 Å². The molecule has 1 aliphatic heterocycles. The molecule has 1 aromatic carbocycles. The van der Waals surface area contributed by atoms with Crippen LogP contribution in [0.4, 0.5) is 10.5 Å². The van der Waals surface area contributed by atoms with Gasteiger partial charge >= 0.3 is 12.0 Å². The largest absolute Gasteiger partial charge is 0.480 e. The Balaban J connectivity index is 2.27. The molecule has 114 valence electrons. The summed E-state index contributed by atoms with van der Waals surface area (Å²) in [7, 11) is 1.69. The first kappa shape index (κ1) is 15.7. The number of carboxylic acid groups (broad SMARTS) is 1. The predicted octanol–water partition coefficient (Wildman–Crippen LogP) is 2.71. The van der Waals surface area contributed by atoms with E-state index in [-0.39, 0.29) is 11.4 Å². The van der Waals surface area contributed by atoms with Crippen molar-refractivity contribution < 1.29 is 14.7 Å². The maximum atomic E-state index is 12.7. The summed E-state index contributed by atoms with van der Waals surface area (Å²) < 4.78 is 0. The van der Waals surface area contributed by atoms with Crippen LogP contribution in [0.1, 0.15) is 18.1 Å². The molecule has 1 saturated heterocycles. The van der Waals surface area contributed by atoms with Gasteiger partial charge in [-0.1, -0.05) is 17.7 Å². The molecule has 2 amide bonds. The smallest absolute Gasteiger partial charge is 0.327 e. The van der Waals surface area contributed by atoms with Gasteiger partial charge in [-0.2, -0.15) is 0 Å². The summed E-state index contributed by atoms with van der Waals surface area (Å²) in [6.45, 7) is 5.81. The number of carbonyl (C=O) groups is 2. The minimum absolute atomic E-state index is 0.133. The van der Waals surface area contributed by atoms with Gasteiger partial charge in [0.05, 0.1) is 5.37 Å². The Morgan fingerprint density at radius 3 is 2.62 bits per heavy atom. The van der Waals surface area contributed by atoms with Crippen molar-refractivity contribution in [2.24, 2.45) is 0 Å². The zero-order valence-corrected chi connectivity index (χ0v) is 13.5. The van der Waals surface area contributed by atoms with Gasteiger partial charge in [0, 0.05) is 18.5 Å². The highest BCUT2D eigenvalue weighted by Crippen LogP contribution is 2.31. The minimum atomic E-state index is -0.950. The Morgan fingerprint density at radius 2 is 2.05 bits per heavy atom. The van der Waals surface area contributed by atoms with E-state index in [1.54, 1.807) is 7.05 Å². The van der Waals surface area contributed by atoms with Crippen molar-refractivity contribution in [1.82, 2.24) is 4.90 Å². The average molecular weight is 308 g/mol. The second-order valence-electron chi connectivity index (χ2n) is 5.33. The van der Waals surface area contributed by atoms with Crippen molar-refractivity contribution in [2.75, 3.05) is 17.7 Å².